The smallest absolute Gasteiger partial charge is 0.329 e. The van der Waals surface area contributed by atoms with Gasteiger partial charge in [-0.2, -0.15) is 0 Å². The molecule has 2 amide bonds. The van der Waals surface area contributed by atoms with Gasteiger partial charge in [0.05, 0.1) is 11.0 Å². The average molecular weight is 383 g/mol. The minimum absolute atomic E-state index is 0.142. The molecule has 28 heavy (non-hydrogen) atoms. The molecule has 3 rings (SSSR count). The maximum absolute atomic E-state index is 12.7. The van der Waals surface area contributed by atoms with Gasteiger partial charge in [-0.25, -0.2) is 4.79 Å². The van der Waals surface area contributed by atoms with Crippen LogP contribution in [0.15, 0.2) is 23.0 Å². The SMILES string of the molecule is Cn1c(=O)n(C2CCC(=O)NC2=O)c2ccc(C#CCCCCC(=O)O)cc21. The molecule has 8 heteroatoms. The molecule has 8 nitrogen and oxygen atoms in total. The second kappa shape index (κ2) is 8.13. The maximum Gasteiger partial charge on any atom is 0.329 e. The lowest BCUT2D eigenvalue weighted by atomic mass is 10.1. The fourth-order valence-electron chi connectivity index (χ4n) is 3.33. The summed E-state index contributed by atoms with van der Waals surface area (Å²) >= 11 is 0. The lowest BCUT2D eigenvalue weighted by Gasteiger charge is -2.21. The molecule has 0 aliphatic carbocycles. The summed E-state index contributed by atoms with van der Waals surface area (Å²) in [5.74, 6) is 4.46. The standard InChI is InChI=1S/C20H21N3O5/c1-22-16-12-13(6-4-2-3-5-7-18(25)26)8-9-14(16)23(20(22)28)15-10-11-17(24)21-19(15)27/h8-9,12,15H,2-3,5,7,10-11H2,1H3,(H,25,26)(H,21,24,27). The van der Waals surface area contributed by atoms with Gasteiger partial charge in [0.1, 0.15) is 6.04 Å². The van der Waals surface area contributed by atoms with Crippen LogP contribution in [0.1, 0.15) is 50.1 Å². The summed E-state index contributed by atoms with van der Waals surface area (Å²) in [6, 6.07) is 4.63. The number of carboxylic acid groups (broad SMARTS) is 1. The van der Waals surface area contributed by atoms with Crippen molar-refractivity contribution in [1.29, 1.82) is 0 Å². The van der Waals surface area contributed by atoms with Crippen LogP contribution in [-0.4, -0.2) is 32.0 Å². The topological polar surface area (TPSA) is 110 Å². The highest BCUT2D eigenvalue weighted by atomic mass is 16.4. The van der Waals surface area contributed by atoms with E-state index >= 15 is 0 Å². The predicted octanol–water partition coefficient (Wildman–Crippen LogP) is 1.31. The molecule has 2 aromatic rings. The number of fused-ring (bicyclic) bond motifs is 1. The number of aryl methyl sites for hydroxylation is 1. The van der Waals surface area contributed by atoms with Gasteiger partial charge in [0.25, 0.3) is 0 Å². The van der Waals surface area contributed by atoms with Crippen LogP contribution in [0.3, 0.4) is 0 Å². The molecule has 0 bridgehead atoms. The van der Waals surface area contributed by atoms with E-state index in [0.29, 0.717) is 36.7 Å². The summed E-state index contributed by atoms with van der Waals surface area (Å²) in [6.45, 7) is 0. The number of hydrogen-bond donors (Lipinski definition) is 2. The number of imidazole rings is 1. The third-order valence-electron chi connectivity index (χ3n) is 4.79. The van der Waals surface area contributed by atoms with Gasteiger partial charge in [-0.3, -0.25) is 28.8 Å². The van der Waals surface area contributed by atoms with Crippen LogP contribution in [0.2, 0.25) is 0 Å². The quantitative estimate of drug-likeness (QED) is 0.460. The molecule has 1 unspecified atom stereocenters. The average Bonchev–Trinajstić information content (AvgIpc) is 2.89. The van der Waals surface area contributed by atoms with Gasteiger partial charge < -0.3 is 5.11 Å². The van der Waals surface area contributed by atoms with Crippen molar-refractivity contribution >= 4 is 28.8 Å². The Labute approximate surface area is 161 Å². The molecule has 1 aromatic carbocycles. The van der Waals surface area contributed by atoms with E-state index in [1.807, 2.05) is 0 Å². The van der Waals surface area contributed by atoms with Gasteiger partial charge in [-0.1, -0.05) is 11.8 Å². The minimum Gasteiger partial charge on any atom is -0.481 e. The van der Waals surface area contributed by atoms with E-state index in [-0.39, 0.29) is 24.4 Å². The molecule has 2 heterocycles. The van der Waals surface area contributed by atoms with Gasteiger partial charge in [0.2, 0.25) is 11.8 Å². The zero-order valence-electron chi connectivity index (χ0n) is 15.5. The Morgan fingerprint density at radius 3 is 2.75 bits per heavy atom. The van der Waals surface area contributed by atoms with Crippen molar-refractivity contribution in [3.05, 3.63) is 34.2 Å². The van der Waals surface area contributed by atoms with E-state index in [4.69, 9.17) is 5.11 Å². The van der Waals surface area contributed by atoms with Crippen LogP contribution in [0.4, 0.5) is 0 Å². The molecule has 0 radical (unpaired) electrons. The Balaban J connectivity index is 1.83. The minimum atomic E-state index is -0.806. The number of amides is 2. The number of hydrogen-bond acceptors (Lipinski definition) is 4. The fraction of sp³-hybridized carbons (Fsp3) is 0.400. The third kappa shape index (κ3) is 3.98. The van der Waals surface area contributed by atoms with Gasteiger partial charge >= 0.3 is 11.7 Å². The largest absolute Gasteiger partial charge is 0.481 e. The normalized spacial score (nSPS) is 16.5. The summed E-state index contributed by atoms with van der Waals surface area (Å²) in [7, 11) is 1.64. The number of nitrogens with zero attached hydrogens (tertiary/aromatic N) is 2. The Kier molecular flexibility index (Phi) is 5.64. The van der Waals surface area contributed by atoms with Crippen LogP contribution in [0.25, 0.3) is 11.0 Å². The molecule has 1 aliphatic rings. The molecule has 1 aromatic heterocycles. The highest BCUT2D eigenvalue weighted by Gasteiger charge is 2.31. The fourth-order valence-corrected chi connectivity index (χ4v) is 3.33. The lowest BCUT2D eigenvalue weighted by Crippen LogP contribution is -2.44. The number of carboxylic acids is 1. The van der Waals surface area contributed by atoms with Crippen LogP contribution in [0, 0.1) is 11.8 Å². The number of rotatable bonds is 5. The van der Waals surface area contributed by atoms with Crippen molar-refractivity contribution in [3.8, 4) is 11.8 Å². The first-order valence-corrected chi connectivity index (χ1v) is 9.14. The van der Waals surface area contributed by atoms with Crippen molar-refractivity contribution in [1.82, 2.24) is 14.5 Å². The maximum atomic E-state index is 12.7. The number of imide groups is 1. The number of carbonyl (C=O) groups is 3. The van der Waals surface area contributed by atoms with Gasteiger partial charge in [-0.15, -0.1) is 0 Å². The summed E-state index contributed by atoms with van der Waals surface area (Å²) < 4.78 is 2.90. The second-order valence-corrected chi connectivity index (χ2v) is 6.78. The van der Waals surface area contributed by atoms with Gasteiger partial charge in [0.15, 0.2) is 0 Å². The molecular weight excluding hydrogens is 362 g/mol. The van der Waals surface area contributed by atoms with Crippen LogP contribution >= 0.6 is 0 Å². The van der Waals surface area contributed by atoms with E-state index in [1.54, 1.807) is 25.2 Å². The molecule has 1 aliphatic heterocycles. The third-order valence-corrected chi connectivity index (χ3v) is 4.79. The number of unbranched alkanes of at least 4 members (excludes halogenated alkanes) is 2. The Morgan fingerprint density at radius 2 is 2.04 bits per heavy atom. The van der Waals surface area contributed by atoms with Crippen molar-refractivity contribution < 1.29 is 19.5 Å². The molecule has 2 N–H and O–H groups in total. The predicted molar refractivity (Wildman–Crippen MR) is 102 cm³/mol. The van der Waals surface area contributed by atoms with Crippen LogP contribution in [-0.2, 0) is 21.4 Å². The van der Waals surface area contributed by atoms with E-state index in [2.05, 4.69) is 17.2 Å². The molecule has 1 saturated heterocycles. The van der Waals surface area contributed by atoms with Crippen LogP contribution in [0.5, 0.6) is 0 Å². The Morgan fingerprint density at radius 1 is 1.25 bits per heavy atom. The lowest BCUT2D eigenvalue weighted by molar-refractivity contribution is -0.137. The summed E-state index contributed by atoms with van der Waals surface area (Å²) in [4.78, 5) is 46.7. The molecule has 0 spiro atoms. The van der Waals surface area contributed by atoms with Gasteiger partial charge in [-0.05, 0) is 37.5 Å². The second-order valence-electron chi connectivity index (χ2n) is 6.78. The highest BCUT2D eigenvalue weighted by Crippen LogP contribution is 2.23. The van der Waals surface area contributed by atoms with E-state index in [9.17, 15) is 19.2 Å². The molecule has 1 fully saturated rings. The zero-order chi connectivity index (χ0) is 20.3. The Bertz CT molecular complexity index is 1070. The van der Waals surface area contributed by atoms with Crippen molar-refractivity contribution in [2.45, 2.75) is 44.6 Å². The molecule has 146 valence electrons. The number of benzene rings is 1. The Hall–Kier alpha value is -3.34. The molecule has 0 saturated carbocycles. The van der Waals surface area contributed by atoms with E-state index in [0.717, 1.165) is 5.56 Å². The van der Waals surface area contributed by atoms with Gasteiger partial charge in [0, 0.05) is 31.9 Å². The van der Waals surface area contributed by atoms with Crippen molar-refractivity contribution in [2.24, 2.45) is 7.05 Å². The number of aromatic nitrogens is 2. The number of piperidine rings is 1. The summed E-state index contributed by atoms with van der Waals surface area (Å²) in [5.41, 5.74) is 1.70. The first-order valence-electron chi connectivity index (χ1n) is 9.14. The molecule has 1 atom stereocenters. The summed E-state index contributed by atoms with van der Waals surface area (Å²) in [6.07, 6.45) is 2.54. The summed E-state index contributed by atoms with van der Waals surface area (Å²) in [5, 5.41) is 10.9. The van der Waals surface area contributed by atoms with Crippen LogP contribution < -0.4 is 11.0 Å². The molecular formula is C20H21N3O5. The number of nitrogens with one attached hydrogen (secondary N) is 1. The van der Waals surface area contributed by atoms with Crippen molar-refractivity contribution in [2.75, 3.05) is 0 Å². The zero-order valence-corrected chi connectivity index (χ0v) is 15.5. The number of aliphatic carboxylic acids is 1. The van der Waals surface area contributed by atoms with E-state index < -0.39 is 17.9 Å². The van der Waals surface area contributed by atoms with Crippen molar-refractivity contribution in [3.63, 3.8) is 0 Å². The highest BCUT2D eigenvalue weighted by molar-refractivity contribution is 6.00. The van der Waals surface area contributed by atoms with E-state index in [1.165, 1.54) is 9.13 Å². The first kappa shape index (κ1) is 19.4. The first-order chi connectivity index (χ1) is 13.4. The monoisotopic (exact) mass is 383 g/mol. The number of carbonyl (C=O) groups excluding carboxylic acids is 2.